The molecule has 1 amide bonds. The highest BCUT2D eigenvalue weighted by Crippen LogP contribution is 2.32. The molecule has 1 aromatic heterocycles. The number of alkyl halides is 3. The average molecular weight is 356 g/mol. The van der Waals surface area contributed by atoms with Gasteiger partial charge in [0.25, 0.3) is 5.91 Å². The van der Waals surface area contributed by atoms with Crippen molar-refractivity contribution < 1.29 is 27.1 Å². The van der Waals surface area contributed by atoms with Crippen LogP contribution in [0.4, 0.5) is 17.6 Å². The fraction of sp³-hybridized carbons (Fsp3) is 0.294. The van der Waals surface area contributed by atoms with E-state index in [0.717, 1.165) is 12.1 Å². The first kappa shape index (κ1) is 18.9. The van der Waals surface area contributed by atoms with Crippen LogP contribution in [0.25, 0.3) is 0 Å². The Morgan fingerprint density at radius 1 is 1.20 bits per heavy atom. The number of ether oxygens (including phenoxy) is 1. The van der Waals surface area contributed by atoms with Crippen molar-refractivity contribution in [1.82, 2.24) is 4.57 Å². The topological polar surface area (TPSA) is 43.6 Å². The molecule has 0 aliphatic rings. The van der Waals surface area contributed by atoms with Crippen LogP contribution in [0.15, 0.2) is 47.6 Å². The first-order valence-electron chi connectivity index (χ1n) is 7.52. The second-order valence-corrected chi connectivity index (χ2v) is 5.03. The van der Waals surface area contributed by atoms with E-state index in [2.05, 4.69) is 4.99 Å². The average Bonchev–Trinajstić information content (AvgIpc) is 2.55. The fourth-order valence-corrected chi connectivity index (χ4v) is 2.15. The summed E-state index contributed by atoms with van der Waals surface area (Å²) in [7, 11) is 0. The van der Waals surface area contributed by atoms with Crippen LogP contribution in [0.3, 0.4) is 0 Å². The molecule has 0 unspecified atom stereocenters. The van der Waals surface area contributed by atoms with Crippen molar-refractivity contribution in [3.05, 3.63) is 65.0 Å². The van der Waals surface area contributed by atoms with Crippen molar-refractivity contribution in [1.29, 1.82) is 0 Å². The van der Waals surface area contributed by atoms with Crippen molar-refractivity contribution in [2.45, 2.75) is 19.6 Å². The quantitative estimate of drug-likeness (QED) is 0.609. The van der Waals surface area contributed by atoms with Crippen molar-refractivity contribution >= 4 is 5.91 Å². The number of benzene rings is 1. The first-order chi connectivity index (χ1) is 11.8. The van der Waals surface area contributed by atoms with Crippen molar-refractivity contribution in [3.63, 3.8) is 0 Å². The second kappa shape index (κ2) is 8.06. The third-order valence-electron chi connectivity index (χ3n) is 3.35. The predicted molar refractivity (Wildman–Crippen MR) is 82.2 cm³/mol. The minimum absolute atomic E-state index is 0.198. The summed E-state index contributed by atoms with van der Waals surface area (Å²) >= 11 is 0. The highest BCUT2D eigenvalue weighted by Gasteiger charge is 2.35. The van der Waals surface area contributed by atoms with Crippen LogP contribution in [0.5, 0.6) is 0 Å². The Morgan fingerprint density at radius 3 is 2.64 bits per heavy atom. The third-order valence-corrected chi connectivity index (χ3v) is 3.35. The summed E-state index contributed by atoms with van der Waals surface area (Å²) in [6, 6.07) is 7.37. The number of aromatic nitrogens is 1. The molecule has 2 rings (SSSR count). The number of amides is 1. The van der Waals surface area contributed by atoms with E-state index < -0.39 is 29.0 Å². The number of carbonyl (C=O) groups excluding carboxylic acids is 1. The third kappa shape index (κ3) is 4.76. The van der Waals surface area contributed by atoms with Gasteiger partial charge in [-0.05, 0) is 31.2 Å². The van der Waals surface area contributed by atoms with Gasteiger partial charge in [-0.3, -0.25) is 4.79 Å². The maximum atomic E-state index is 14.0. The molecule has 25 heavy (non-hydrogen) atoms. The molecule has 0 bridgehead atoms. The molecule has 1 heterocycles. The lowest BCUT2D eigenvalue weighted by Crippen LogP contribution is -2.24. The van der Waals surface area contributed by atoms with E-state index in [9.17, 15) is 22.4 Å². The maximum Gasteiger partial charge on any atom is 0.419 e. The molecule has 0 saturated heterocycles. The molecular weight excluding hydrogens is 340 g/mol. The van der Waals surface area contributed by atoms with E-state index in [4.69, 9.17) is 4.74 Å². The minimum atomic E-state index is -4.88. The largest absolute Gasteiger partial charge is 0.419 e. The number of carbonyl (C=O) groups is 1. The molecule has 0 saturated carbocycles. The Hall–Kier alpha value is -2.48. The minimum Gasteiger partial charge on any atom is -0.380 e. The molecule has 0 atom stereocenters. The van der Waals surface area contributed by atoms with Crippen molar-refractivity contribution in [3.8, 4) is 0 Å². The lowest BCUT2D eigenvalue weighted by molar-refractivity contribution is -0.140. The van der Waals surface area contributed by atoms with Gasteiger partial charge in [-0.2, -0.15) is 18.2 Å². The van der Waals surface area contributed by atoms with Gasteiger partial charge in [0.1, 0.15) is 11.3 Å². The molecule has 0 aliphatic carbocycles. The Bertz CT molecular complexity index is 813. The van der Waals surface area contributed by atoms with E-state index >= 15 is 0 Å². The Labute approximate surface area is 141 Å². The molecular formula is C17H16F4N2O2. The lowest BCUT2D eigenvalue weighted by Gasteiger charge is -2.10. The van der Waals surface area contributed by atoms with E-state index in [1.54, 1.807) is 22.9 Å². The SMILES string of the molecule is CCOCCn1ccccc1=NC(=O)c1cccc(C(F)(F)F)c1F. The Morgan fingerprint density at radius 2 is 1.96 bits per heavy atom. The summed E-state index contributed by atoms with van der Waals surface area (Å²) in [5.41, 5.74) is -2.02. The smallest absolute Gasteiger partial charge is 0.380 e. The molecule has 0 fully saturated rings. The van der Waals surface area contributed by atoms with Gasteiger partial charge in [0.05, 0.1) is 17.7 Å². The van der Waals surface area contributed by atoms with E-state index in [0.29, 0.717) is 25.8 Å². The molecule has 8 heteroatoms. The van der Waals surface area contributed by atoms with Gasteiger partial charge < -0.3 is 9.30 Å². The second-order valence-electron chi connectivity index (χ2n) is 5.03. The summed E-state index contributed by atoms with van der Waals surface area (Å²) in [4.78, 5) is 15.9. The number of hydrogen-bond acceptors (Lipinski definition) is 2. The Balaban J connectivity index is 2.39. The number of nitrogens with zero attached hydrogens (tertiary/aromatic N) is 2. The molecule has 0 N–H and O–H groups in total. The molecule has 4 nitrogen and oxygen atoms in total. The number of rotatable bonds is 5. The van der Waals surface area contributed by atoms with Crippen LogP contribution >= 0.6 is 0 Å². The maximum absolute atomic E-state index is 14.0. The van der Waals surface area contributed by atoms with Crippen molar-refractivity contribution in [2.75, 3.05) is 13.2 Å². The van der Waals surface area contributed by atoms with Gasteiger partial charge in [-0.15, -0.1) is 0 Å². The summed E-state index contributed by atoms with van der Waals surface area (Å²) in [6.45, 7) is 3.13. The molecule has 134 valence electrons. The first-order valence-corrected chi connectivity index (χ1v) is 7.52. The summed E-state index contributed by atoms with van der Waals surface area (Å²) in [5.74, 6) is -2.71. The zero-order chi connectivity index (χ0) is 18.4. The monoisotopic (exact) mass is 356 g/mol. The molecule has 0 aliphatic heterocycles. The highest BCUT2D eigenvalue weighted by atomic mass is 19.4. The summed E-state index contributed by atoms with van der Waals surface area (Å²) in [5, 5.41) is 0. The number of pyridine rings is 1. The van der Waals surface area contributed by atoms with Crippen LogP contribution in [0.2, 0.25) is 0 Å². The molecule has 0 radical (unpaired) electrons. The Kier molecular flexibility index (Phi) is 6.08. The van der Waals surface area contributed by atoms with Crippen LogP contribution in [0, 0.1) is 5.82 Å². The number of hydrogen-bond donors (Lipinski definition) is 0. The highest BCUT2D eigenvalue weighted by molar-refractivity contribution is 5.95. The standard InChI is InChI=1S/C17H16F4N2O2/c1-2-25-11-10-23-9-4-3-8-14(23)22-16(24)12-6-5-7-13(15(12)18)17(19,20)21/h3-9H,2,10-11H2,1H3. The van der Waals surface area contributed by atoms with Crippen LogP contribution in [0.1, 0.15) is 22.8 Å². The molecule has 1 aromatic carbocycles. The van der Waals surface area contributed by atoms with Gasteiger partial charge in [0.15, 0.2) is 0 Å². The van der Waals surface area contributed by atoms with Gasteiger partial charge in [-0.1, -0.05) is 12.1 Å². The summed E-state index contributed by atoms with van der Waals surface area (Å²) in [6.07, 6.45) is -3.24. The molecule has 2 aromatic rings. The van der Waals surface area contributed by atoms with E-state index in [1.165, 1.54) is 6.07 Å². The zero-order valence-corrected chi connectivity index (χ0v) is 13.4. The lowest BCUT2D eigenvalue weighted by atomic mass is 10.1. The van der Waals surface area contributed by atoms with Crippen LogP contribution in [-0.2, 0) is 17.5 Å². The van der Waals surface area contributed by atoms with Crippen molar-refractivity contribution in [2.24, 2.45) is 4.99 Å². The van der Waals surface area contributed by atoms with Crippen LogP contribution in [-0.4, -0.2) is 23.7 Å². The van der Waals surface area contributed by atoms with Gasteiger partial charge in [-0.25, -0.2) is 4.39 Å². The normalized spacial score (nSPS) is 12.4. The zero-order valence-electron chi connectivity index (χ0n) is 13.4. The van der Waals surface area contributed by atoms with Gasteiger partial charge >= 0.3 is 6.18 Å². The van der Waals surface area contributed by atoms with E-state index in [1.807, 2.05) is 6.92 Å². The molecule has 0 spiro atoms. The predicted octanol–water partition coefficient (Wildman–Crippen LogP) is 3.42. The van der Waals surface area contributed by atoms with Gasteiger partial charge in [0.2, 0.25) is 0 Å². The summed E-state index contributed by atoms with van der Waals surface area (Å²) < 4.78 is 59.1. The fourth-order valence-electron chi connectivity index (χ4n) is 2.15. The van der Waals surface area contributed by atoms with Gasteiger partial charge in [0, 0.05) is 19.3 Å². The van der Waals surface area contributed by atoms with E-state index in [-0.39, 0.29) is 5.49 Å². The van der Waals surface area contributed by atoms with Crippen LogP contribution < -0.4 is 5.49 Å². The number of halogens is 4.